The maximum Gasteiger partial charge on any atom is 0.220 e. The molecule has 3 aromatic heterocycles. The molecule has 1 aliphatic heterocycles. The number of anilines is 1. The Morgan fingerprint density at radius 3 is 3.05 bits per heavy atom. The number of nitrogens with two attached hydrogens (primary N) is 1. The number of hydrogen-bond donors (Lipinski definition) is 2. The second-order valence-corrected chi connectivity index (χ2v) is 5.10. The lowest BCUT2D eigenvalue weighted by Gasteiger charge is -2.05. The van der Waals surface area contributed by atoms with E-state index < -0.39 is 0 Å². The monoisotopic (exact) mass is 286 g/mol. The number of aromatic nitrogens is 4. The first-order valence-electron chi connectivity index (χ1n) is 6.21. The molecule has 0 aliphatic carbocycles. The van der Waals surface area contributed by atoms with Gasteiger partial charge in [-0.1, -0.05) is 17.7 Å². The Kier molecular flexibility index (Phi) is 2.42. The quantitative estimate of drug-likeness (QED) is 0.710. The fourth-order valence-electron chi connectivity index (χ4n) is 2.56. The zero-order valence-corrected chi connectivity index (χ0v) is 11.2. The van der Waals surface area contributed by atoms with Crippen LogP contribution in [0, 0.1) is 0 Å². The van der Waals surface area contributed by atoms with E-state index in [4.69, 9.17) is 17.3 Å². The first-order chi connectivity index (χ1) is 9.74. The lowest BCUT2D eigenvalue weighted by atomic mass is 10.1. The highest BCUT2D eigenvalue weighted by atomic mass is 35.5. The van der Waals surface area contributed by atoms with Crippen molar-refractivity contribution in [3.05, 3.63) is 40.8 Å². The molecule has 1 aliphatic rings. The predicted octanol–water partition coefficient (Wildman–Crippen LogP) is 1.63. The Balaban J connectivity index is 2.00. The molecule has 0 bridgehead atoms. The molecule has 0 atom stereocenters. The van der Waals surface area contributed by atoms with Crippen LogP contribution in [0.15, 0.2) is 24.5 Å². The standard InChI is InChI=1S/C13H11ClN6/c14-9-5-17-13(15)19-12(9)8-4-18-20-10(8)2-1-7-3-16-6-11(7)20/h1-2,4-5,16H,3,6H2,(H2,15,17,19). The molecule has 20 heavy (non-hydrogen) atoms. The Bertz CT molecular complexity index is 825. The zero-order valence-electron chi connectivity index (χ0n) is 10.5. The number of fused-ring (bicyclic) bond motifs is 3. The number of rotatable bonds is 1. The van der Waals surface area contributed by atoms with E-state index >= 15 is 0 Å². The van der Waals surface area contributed by atoms with Gasteiger partial charge in [-0.2, -0.15) is 5.10 Å². The van der Waals surface area contributed by atoms with Crippen molar-refractivity contribution in [3.63, 3.8) is 0 Å². The van der Waals surface area contributed by atoms with Gasteiger partial charge in [0.25, 0.3) is 0 Å². The van der Waals surface area contributed by atoms with E-state index in [0.29, 0.717) is 10.7 Å². The van der Waals surface area contributed by atoms with Crippen molar-refractivity contribution in [2.24, 2.45) is 0 Å². The van der Waals surface area contributed by atoms with Gasteiger partial charge >= 0.3 is 0 Å². The normalized spacial score (nSPS) is 13.8. The molecule has 0 saturated carbocycles. The molecule has 0 fully saturated rings. The molecule has 100 valence electrons. The van der Waals surface area contributed by atoms with Gasteiger partial charge in [0.05, 0.1) is 34.3 Å². The van der Waals surface area contributed by atoms with Gasteiger partial charge in [0, 0.05) is 18.7 Å². The van der Waals surface area contributed by atoms with Crippen molar-refractivity contribution in [2.75, 3.05) is 5.73 Å². The fraction of sp³-hybridized carbons (Fsp3) is 0.154. The average molecular weight is 287 g/mol. The largest absolute Gasteiger partial charge is 0.368 e. The van der Waals surface area contributed by atoms with Crippen molar-refractivity contribution < 1.29 is 0 Å². The van der Waals surface area contributed by atoms with Gasteiger partial charge < -0.3 is 11.1 Å². The number of pyridine rings is 1. The highest BCUT2D eigenvalue weighted by Crippen LogP contribution is 2.30. The highest BCUT2D eigenvalue weighted by molar-refractivity contribution is 6.33. The summed E-state index contributed by atoms with van der Waals surface area (Å²) in [6, 6.07) is 4.14. The summed E-state index contributed by atoms with van der Waals surface area (Å²) in [6.45, 7) is 1.69. The summed E-state index contributed by atoms with van der Waals surface area (Å²) >= 11 is 6.18. The lowest BCUT2D eigenvalue weighted by molar-refractivity contribution is 0.741. The van der Waals surface area contributed by atoms with Crippen LogP contribution in [0.1, 0.15) is 11.3 Å². The Morgan fingerprint density at radius 2 is 2.15 bits per heavy atom. The number of nitrogens with zero attached hydrogens (tertiary/aromatic N) is 4. The van der Waals surface area contributed by atoms with Crippen LogP contribution in [-0.4, -0.2) is 19.6 Å². The van der Waals surface area contributed by atoms with Crippen LogP contribution < -0.4 is 11.1 Å². The molecule has 0 aromatic carbocycles. The minimum Gasteiger partial charge on any atom is -0.368 e. The van der Waals surface area contributed by atoms with Gasteiger partial charge in [0.1, 0.15) is 0 Å². The summed E-state index contributed by atoms with van der Waals surface area (Å²) in [7, 11) is 0. The second kappa shape index (κ2) is 4.16. The van der Waals surface area contributed by atoms with Gasteiger partial charge in [-0.15, -0.1) is 0 Å². The third-order valence-corrected chi connectivity index (χ3v) is 3.78. The number of halogens is 1. The average Bonchev–Trinajstić information content (AvgIpc) is 3.06. The van der Waals surface area contributed by atoms with Crippen molar-refractivity contribution in [1.29, 1.82) is 0 Å². The summed E-state index contributed by atoms with van der Waals surface area (Å²) in [6.07, 6.45) is 3.28. The first-order valence-corrected chi connectivity index (χ1v) is 6.59. The number of nitrogen functional groups attached to an aromatic ring is 1. The van der Waals surface area contributed by atoms with Crippen molar-refractivity contribution >= 4 is 23.1 Å². The lowest BCUT2D eigenvalue weighted by Crippen LogP contribution is -2.02. The molecule has 6 nitrogen and oxygen atoms in total. The summed E-state index contributed by atoms with van der Waals surface area (Å²) in [5, 5.41) is 8.24. The molecular formula is C13H11ClN6. The van der Waals surface area contributed by atoms with Crippen molar-refractivity contribution in [3.8, 4) is 11.3 Å². The Morgan fingerprint density at radius 1 is 1.25 bits per heavy atom. The highest BCUT2D eigenvalue weighted by Gasteiger charge is 2.18. The van der Waals surface area contributed by atoms with Crippen LogP contribution in [0.2, 0.25) is 5.02 Å². The fourth-order valence-corrected chi connectivity index (χ4v) is 2.76. The molecule has 4 rings (SSSR count). The molecule has 4 heterocycles. The molecule has 3 aromatic rings. The molecule has 0 amide bonds. The molecule has 0 unspecified atom stereocenters. The van der Waals surface area contributed by atoms with Gasteiger partial charge in [-0.3, -0.25) is 0 Å². The van der Waals surface area contributed by atoms with E-state index in [2.05, 4.69) is 26.4 Å². The summed E-state index contributed by atoms with van der Waals surface area (Å²) in [5.41, 5.74) is 10.5. The summed E-state index contributed by atoms with van der Waals surface area (Å²) < 4.78 is 1.93. The van der Waals surface area contributed by atoms with Crippen LogP contribution in [0.4, 0.5) is 5.95 Å². The van der Waals surface area contributed by atoms with Gasteiger partial charge in [-0.05, 0) is 11.6 Å². The van der Waals surface area contributed by atoms with E-state index in [0.717, 1.165) is 24.2 Å². The van der Waals surface area contributed by atoms with Gasteiger partial charge in [0.15, 0.2) is 0 Å². The number of nitrogens with one attached hydrogen (secondary N) is 1. The van der Waals surface area contributed by atoms with Crippen LogP contribution in [0.3, 0.4) is 0 Å². The van der Waals surface area contributed by atoms with E-state index in [9.17, 15) is 0 Å². The van der Waals surface area contributed by atoms with Crippen LogP contribution in [-0.2, 0) is 13.1 Å². The maximum absolute atomic E-state index is 6.18. The Hall–Kier alpha value is -2.18. The topological polar surface area (TPSA) is 81.1 Å². The van der Waals surface area contributed by atoms with Crippen LogP contribution >= 0.6 is 11.6 Å². The number of hydrogen-bond acceptors (Lipinski definition) is 5. The Labute approximate surface area is 119 Å². The van der Waals surface area contributed by atoms with Crippen molar-refractivity contribution in [2.45, 2.75) is 13.1 Å². The molecule has 0 saturated heterocycles. The minimum absolute atomic E-state index is 0.201. The smallest absolute Gasteiger partial charge is 0.220 e. The van der Waals surface area contributed by atoms with Crippen LogP contribution in [0.5, 0.6) is 0 Å². The van der Waals surface area contributed by atoms with Gasteiger partial charge in [-0.25, -0.2) is 14.5 Å². The van der Waals surface area contributed by atoms with Crippen molar-refractivity contribution in [1.82, 2.24) is 24.9 Å². The van der Waals surface area contributed by atoms with E-state index in [1.807, 2.05) is 10.6 Å². The molecule has 0 radical (unpaired) electrons. The SMILES string of the molecule is Nc1ncc(Cl)c(-c2cnn3c4c(ccc23)CNC4)n1. The van der Waals surface area contributed by atoms with E-state index in [1.54, 1.807) is 6.20 Å². The first kappa shape index (κ1) is 11.6. The molecule has 7 heteroatoms. The van der Waals surface area contributed by atoms with E-state index in [-0.39, 0.29) is 5.95 Å². The van der Waals surface area contributed by atoms with E-state index in [1.165, 1.54) is 17.5 Å². The predicted molar refractivity (Wildman–Crippen MR) is 76.2 cm³/mol. The molecule has 3 N–H and O–H groups in total. The zero-order chi connectivity index (χ0) is 13.7. The third kappa shape index (κ3) is 1.59. The minimum atomic E-state index is 0.201. The maximum atomic E-state index is 6.18. The second-order valence-electron chi connectivity index (χ2n) is 4.69. The van der Waals surface area contributed by atoms with Crippen LogP contribution in [0.25, 0.3) is 16.8 Å². The van der Waals surface area contributed by atoms with Gasteiger partial charge in [0.2, 0.25) is 5.95 Å². The molecular weight excluding hydrogens is 276 g/mol. The summed E-state index contributed by atoms with van der Waals surface area (Å²) in [5.74, 6) is 0.201. The molecule has 0 spiro atoms. The summed E-state index contributed by atoms with van der Waals surface area (Å²) in [4.78, 5) is 8.11. The third-order valence-electron chi connectivity index (χ3n) is 3.50.